The maximum absolute atomic E-state index is 9.33. The van der Waals surface area contributed by atoms with Crippen molar-refractivity contribution in [2.24, 2.45) is 0 Å². The number of aliphatic hydroxyl groups is 2. The summed E-state index contributed by atoms with van der Waals surface area (Å²) < 4.78 is 1.66. The summed E-state index contributed by atoms with van der Waals surface area (Å²) >= 11 is 1.25. The monoisotopic (exact) mass is 282 g/mol. The first-order chi connectivity index (χ1) is 9.22. The van der Waals surface area contributed by atoms with Crippen LogP contribution in [0.4, 0.5) is 5.95 Å². The molecule has 9 heteroatoms. The molecule has 0 radical (unpaired) electrons. The minimum atomic E-state index is -0.795. The molecule has 102 valence electrons. The van der Waals surface area contributed by atoms with Crippen molar-refractivity contribution in [3.05, 3.63) is 18.7 Å². The van der Waals surface area contributed by atoms with Crippen LogP contribution in [0.2, 0.25) is 0 Å². The van der Waals surface area contributed by atoms with Gasteiger partial charge in [0.2, 0.25) is 11.9 Å². The number of rotatable bonds is 6. The third-order valence-electron chi connectivity index (χ3n) is 2.18. The quantitative estimate of drug-likeness (QED) is 0.611. The van der Waals surface area contributed by atoms with E-state index >= 15 is 0 Å². The molecule has 0 spiro atoms. The van der Waals surface area contributed by atoms with Gasteiger partial charge in [-0.05, 0) is 0 Å². The lowest BCUT2D eigenvalue weighted by atomic mass is 10.4. The first-order valence-corrected chi connectivity index (χ1v) is 6.55. The summed E-state index contributed by atoms with van der Waals surface area (Å²) in [5, 5.41) is 21.4. The standard InChI is InChI=1S/C10H14N6O2S/c1-11-8-13-9(16-3-2-12-6-16)15-10(14-8)19-5-7(18)4-17/h2-3,6-7,17-18H,4-5H2,1H3,(H,11,13,14,15). The molecule has 2 heterocycles. The number of hydrogen-bond donors (Lipinski definition) is 3. The molecule has 8 nitrogen and oxygen atoms in total. The Balaban J connectivity index is 2.21. The fraction of sp³-hybridized carbons (Fsp3) is 0.400. The Morgan fingerprint density at radius 2 is 2.26 bits per heavy atom. The lowest BCUT2D eigenvalue weighted by molar-refractivity contribution is 0.113. The van der Waals surface area contributed by atoms with Crippen molar-refractivity contribution in [2.45, 2.75) is 11.3 Å². The summed E-state index contributed by atoms with van der Waals surface area (Å²) in [6, 6.07) is 0. The van der Waals surface area contributed by atoms with Crippen LogP contribution in [0.15, 0.2) is 23.9 Å². The molecule has 2 aromatic rings. The van der Waals surface area contributed by atoms with E-state index in [0.29, 0.717) is 22.8 Å². The summed E-state index contributed by atoms with van der Waals surface area (Å²) in [5.74, 6) is 1.19. The van der Waals surface area contributed by atoms with Crippen LogP contribution in [0.25, 0.3) is 5.95 Å². The average molecular weight is 282 g/mol. The van der Waals surface area contributed by atoms with Crippen molar-refractivity contribution in [3.63, 3.8) is 0 Å². The van der Waals surface area contributed by atoms with Gasteiger partial charge in [-0.25, -0.2) is 4.98 Å². The van der Waals surface area contributed by atoms with Crippen LogP contribution < -0.4 is 5.32 Å². The van der Waals surface area contributed by atoms with Gasteiger partial charge in [-0.15, -0.1) is 0 Å². The molecule has 19 heavy (non-hydrogen) atoms. The summed E-state index contributed by atoms with van der Waals surface area (Å²) in [4.78, 5) is 16.6. The highest BCUT2D eigenvalue weighted by Crippen LogP contribution is 2.16. The first kappa shape index (κ1) is 13.7. The van der Waals surface area contributed by atoms with E-state index in [-0.39, 0.29) is 6.61 Å². The first-order valence-electron chi connectivity index (χ1n) is 5.57. The molecule has 2 rings (SSSR count). The highest BCUT2D eigenvalue weighted by molar-refractivity contribution is 7.99. The second-order valence-electron chi connectivity index (χ2n) is 3.61. The number of imidazole rings is 1. The minimum absolute atomic E-state index is 0.286. The zero-order valence-electron chi connectivity index (χ0n) is 10.3. The highest BCUT2D eigenvalue weighted by Gasteiger charge is 2.10. The number of thioether (sulfide) groups is 1. The van der Waals surface area contributed by atoms with Gasteiger partial charge in [0, 0.05) is 25.2 Å². The van der Waals surface area contributed by atoms with Crippen molar-refractivity contribution in [1.82, 2.24) is 24.5 Å². The fourth-order valence-corrected chi connectivity index (χ4v) is 1.98. The molecule has 0 aliphatic carbocycles. The van der Waals surface area contributed by atoms with E-state index in [1.807, 2.05) is 0 Å². The summed E-state index contributed by atoms with van der Waals surface area (Å²) in [6.45, 7) is -0.286. The molecular formula is C10H14N6O2S. The Hall–Kier alpha value is -1.71. The van der Waals surface area contributed by atoms with Gasteiger partial charge < -0.3 is 15.5 Å². The zero-order chi connectivity index (χ0) is 13.7. The smallest absolute Gasteiger partial charge is 0.240 e. The molecule has 0 saturated carbocycles. The predicted molar refractivity (Wildman–Crippen MR) is 70.3 cm³/mol. The second kappa shape index (κ2) is 6.45. The number of nitrogens with one attached hydrogen (secondary N) is 1. The predicted octanol–water partition coefficient (Wildman–Crippen LogP) is -0.456. The molecule has 0 fully saturated rings. The molecular weight excluding hydrogens is 268 g/mol. The van der Waals surface area contributed by atoms with E-state index in [4.69, 9.17) is 5.11 Å². The summed E-state index contributed by atoms with van der Waals surface area (Å²) in [5.41, 5.74) is 0. The molecule has 0 amide bonds. The zero-order valence-corrected chi connectivity index (χ0v) is 11.1. The Morgan fingerprint density at radius 3 is 2.89 bits per heavy atom. The van der Waals surface area contributed by atoms with Crippen LogP contribution in [0.3, 0.4) is 0 Å². The van der Waals surface area contributed by atoms with Gasteiger partial charge in [-0.2, -0.15) is 15.0 Å². The summed E-state index contributed by atoms with van der Waals surface area (Å²) in [6.07, 6.45) is 4.15. The Labute approximate surface area is 114 Å². The number of nitrogens with zero attached hydrogens (tertiary/aromatic N) is 5. The molecule has 1 atom stereocenters. The molecule has 0 bridgehead atoms. The maximum atomic E-state index is 9.33. The van der Waals surface area contributed by atoms with E-state index in [9.17, 15) is 5.11 Å². The third-order valence-corrected chi connectivity index (χ3v) is 3.17. The van der Waals surface area contributed by atoms with Crippen LogP contribution >= 0.6 is 11.8 Å². The van der Waals surface area contributed by atoms with Crippen LogP contribution in [0.5, 0.6) is 0 Å². The number of aliphatic hydroxyl groups excluding tert-OH is 2. The van der Waals surface area contributed by atoms with Gasteiger partial charge in [0.05, 0.1) is 12.7 Å². The third kappa shape index (κ3) is 3.63. The molecule has 2 aromatic heterocycles. The van der Waals surface area contributed by atoms with Crippen molar-refractivity contribution < 1.29 is 10.2 Å². The normalized spacial score (nSPS) is 12.4. The Bertz CT molecular complexity index is 521. The van der Waals surface area contributed by atoms with Crippen molar-refractivity contribution in [2.75, 3.05) is 24.7 Å². The van der Waals surface area contributed by atoms with E-state index in [1.165, 1.54) is 11.8 Å². The van der Waals surface area contributed by atoms with Crippen LogP contribution in [0.1, 0.15) is 0 Å². The van der Waals surface area contributed by atoms with Gasteiger partial charge in [0.15, 0.2) is 5.16 Å². The molecule has 3 N–H and O–H groups in total. The van der Waals surface area contributed by atoms with E-state index in [2.05, 4.69) is 25.3 Å². The van der Waals surface area contributed by atoms with Crippen LogP contribution in [0, 0.1) is 0 Å². The Morgan fingerprint density at radius 1 is 1.42 bits per heavy atom. The topological polar surface area (TPSA) is 109 Å². The van der Waals surface area contributed by atoms with Gasteiger partial charge in [0.1, 0.15) is 6.33 Å². The number of hydrogen-bond acceptors (Lipinski definition) is 8. The van der Waals surface area contributed by atoms with Gasteiger partial charge in [0.25, 0.3) is 0 Å². The van der Waals surface area contributed by atoms with Crippen LogP contribution in [-0.4, -0.2) is 60.2 Å². The van der Waals surface area contributed by atoms with E-state index in [1.54, 1.807) is 30.3 Å². The lowest BCUT2D eigenvalue weighted by Gasteiger charge is -2.08. The largest absolute Gasteiger partial charge is 0.394 e. The number of aromatic nitrogens is 5. The van der Waals surface area contributed by atoms with Crippen molar-refractivity contribution >= 4 is 17.7 Å². The van der Waals surface area contributed by atoms with Crippen LogP contribution in [-0.2, 0) is 0 Å². The van der Waals surface area contributed by atoms with Gasteiger partial charge >= 0.3 is 0 Å². The highest BCUT2D eigenvalue weighted by atomic mass is 32.2. The maximum Gasteiger partial charge on any atom is 0.240 e. The average Bonchev–Trinajstić information content (AvgIpc) is 2.98. The van der Waals surface area contributed by atoms with Gasteiger partial charge in [-0.1, -0.05) is 11.8 Å². The molecule has 0 aliphatic rings. The second-order valence-corrected chi connectivity index (χ2v) is 4.60. The molecule has 0 saturated heterocycles. The molecule has 0 aliphatic heterocycles. The Kier molecular flexibility index (Phi) is 4.66. The van der Waals surface area contributed by atoms with E-state index in [0.717, 1.165) is 0 Å². The van der Waals surface area contributed by atoms with Gasteiger partial charge in [-0.3, -0.25) is 4.57 Å². The van der Waals surface area contributed by atoms with E-state index < -0.39 is 6.10 Å². The lowest BCUT2D eigenvalue weighted by Crippen LogP contribution is -2.15. The fourth-order valence-electron chi connectivity index (χ4n) is 1.24. The summed E-state index contributed by atoms with van der Waals surface area (Å²) in [7, 11) is 1.71. The minimum Gasteiger partial charge on any atom is -0.394 e. The van der Waals surface area contributed by atoms with Crippen molar-refractivity contribution in [3.8, 4) is 5.95 Å². The molecule has 1 unspecified atom stereocenters. The SMILES string of the molecule is CNc1nc(SCC(O)CO)nc(-n2ccnc2)n1. The number of anilines is 1. The molecule has 0 aromatic carbocycles. The van der Waals surface area contributed by atoms with Crippen molar-refractivity contribution in [1.29, 1.82) is 0 Å².